The van der Waals surface area contributed by atoms with E-state index in [-0.39, 0.29) is 0 Å². The Morgan fingerprint density at radius 1 is 0.840 bits per heavy atom. The lowest BCUT2D eigenvalue weighted by atomic mass is 9.92. The number of nitrogens with zero attached hydrogens (tertiary/aromatic N) is 1. The average molecular weight is 356 g/mol. The summed E-state index contributed by atoms with van der Waals surface area (Å²) in [6.07, 6.45) is 21.6. The summed E-state index contributed by atoms with van der Waals surface area (Å²) in [5.41, 5.74) is 0. The van der Waals surface area contributed by atoms with Gasteiger partial charge in [-0.05, 0) is 25.7 Å². The van der Waals surface area contributed by atoms with E-state index in [1.54, 1.807) is 12.0 Å². The van der Waals surface area contributed by atoms with E-state index < -0.39 is 0 Å². The first kappa shape index (κ1) is 22.9. The summed E-state index contributed by atoms with van der Waals surface area (Å²) in [5.74, 6) is 1.03. The summed E-state index contributed by atoms with van der Waals surface area (Å²) in [4.78, 5) is 6.89. The Morgan fingerprint density at radius 2 is 1.36 bits per heavy atom. The quantitative estimate of drug-likeness (QED) is 0.325. The average Bonchev–Trinajstić information content (AvgIpc) is 2.61. The Bertz CT molecular complexity index is 285. The third kappa shape index (κ3) is 13.7. The summed E-state index contributed by atoms with van der Waals surface area (Å²) in [6.45, 7) is 3.90. The molecule has 3 heteroatoms. The normalized spacial score (nSPS) is 21.1. The molecular weight excluding hydrogens is 308 g/mol. The van der Waals surface area contributed by atoms with Crippen LogP contribution in [0.1, 0.15) is 96.3 Å². The zero-order chi connectivity index (χ0) is 18.2. The van der Waals surface area contributed by atoms with Gasteiger partial charge in [-0.15, -0.1) is 0 Å². The number of hydrogen-bond acceptors (Lipinski definition) is 2. The van der Waals surface area contributed by atoms with Crippen LogP contribution >= 0.6 is 0 Å². The van der Waals surface area contributed by atoms with Crippen molar-refractivity contribution in [3.63, 3.8) is 0 Å². The maximum absolute atomic E-state index is 5.12. The molecule has 1 N–H and O–H groups in total. The van der Waals surface area contributed by atoms with Crippen LogP contribution in [0.2, 0.25) is 0 Å². The van der Waals surface area contributed by atoms with Crippen molar-refractivity contribution < 1.29 is 9.74 Å². The SMILES string of the molecule is CON(C)CCCCCCCCCCCCCCC1CCC[NH+](C)C1. The molecule has 25 heavy (non-hydrogen) atoms. The molecule has 0 amide bonds. The Labute approximate surface area is 158 Å². The van der Waals surface area contributed by atoms with E-state index in [1.165, 1.54) is 109 Å². The largest absolute Gasteiger partial charge is 0.337 e. The van der Waals surface area contributed by atoms with Gasteiger partial charge in [0, 0.05) is 19.5 Å². The first-order chi connectivity index (χ1) is 12.2. The number of hydroxylamine groups is 2. The molecule has 0 aromatic carbocycles. The topological polar surface area (TPSA) is 16.9 Å². The van der Waals surface area contributed by atoms with Crippen molar-refractivity contribution in [1.82, 2.24) is 5.06 Å². The smallest absolute Gasteiger partial charge is 0.0797 e. The van der Waals surface area contributed by atoms with Crippen LogP contribution in [0.15, 0.2) is 0 Å². The lowest BCUT2D eigenvalue weighted by molar-refractivity contribution is -0.888. The van der Waals surface area contributed by atoms with E-state index in [0.717, 1.165) is 12.5 Å². The third-order valence-electron chi connectivity index (χ3n) is 6.00. The predicted molar refractivity (Wildman–Crippen MR) is 109 cm³/mol. The molecule has 0 spiro atoms. The van der Waals surface area contributed by atoms with Crippen molar-refractivity contribution in [2.75, 3.05) is 40.8 Å². The number of piperidine rings is 1. The van der Waals surface area contributed by atoms with Gasteiger partial charge in [-0.25, -0.2) is 0 Å². The molecule has 150 valence electrons. The standard InChI is InChI=1S/C22H46N2O/c1-23-19-16-18-22(21-23)17-14-12-10-8-6-4-5-7-9-11-13-15-20-24(2)25-3/h22H,4-21H2,1-3H3/p+1. The minimum Gasteiger partial charge on any atom is -0.337 e. The number of unbranched alkanes of at least 4 members (excludes halogenated alkanes) is 11. The van der Waals surface area contributed by atoms with Gasteiger partial charge in [0.05, 0.1) is 27.2 Å². The van der Waals surface area contributed by atoms with Crippen LogP contribution in [0.4, 0.5) is 0 Å². The first-order valence-electron chi connectivity index (χ1n) is 11.3. The number of rotatable bonds is 16. The highest BCUT2D eigenvalue weighted by atomic mass is 16.7. The molecule has 1 saturated heterocycles. The van der Waals surface area contributed by atoms with Crippen LogP contribution in [-0.2, 0) is 4.84 Å². The molecule has 2 atom stereocenters. The fourth-order valence-corrected chi connectivity index (χ4v) is 4.26. The Morgan fingerprint density at radius 3 is 1.88 bits per heavy atom. The van der Waals surface area contributed by atoms with Crippen molar-refractivity contribution in [3.05, 3.63) is 0 Å². The zero-order valence-electron chi connectivity index (χ0n) is 17.7. The molecule has 2 unspecified atom stereocenters. The van der Waals surface area contributed by atoms with E-state index in [0.29, 0.717) is 0 Å². The maximum Gasteiger partial charge on any atom is 0.0797 e. The molecule has 1 aliphatic heterocycles. The van der Waals surface area contributed by atoms with Crippen molar-refractivity contribution in [3.8, 4) is 0 Å². The van der Waals surface area contributed by atoms with Crippen molar-refractivity contribution >= 4 is 0 Å². The molecule has 0 bridgehead atoms. The number of hydrogen-bond donors (Lipinski definition) is 1. The monoisotopic (exact) mass is 355 g/mol. The van der Waals surface area contributed by atoms with Gasteiger partial charge >= 0.3 is 0 Å². The summed E-state index contributed by atoms with van der Waals surface area (Å²) in [7, 11) is 6.12. The van der Waals surface area contributed by atoms with Crippen molar-refractivity contribution in [2.24, 2.45) is 5.92 Å². The van der Waals surface area contributed by atoms with Gasteiger partial charge < -0.3 is 9.74 Å². The second-order valence-corrected chi connectivity index (χ2v) is 8.48. The number of likely N-dealkylation sites (tertiary alicyclic amines) is 1. The highest BCUT2D eigenvalue weighted by Crippen LogP contribution is 2.17. The summed E-state index contributed by atoms with van der Waals surface area (Å²) in [6, 6.07) is 0. The molecule has 1 fully saturated rings. The maximum atomic E-state index is 5.12. The molecule has 3 nitrogen and oxygen atoms in total. The van der Waals surface area contributed by atoms with Gasteiger partial charge in [-0.3, -0.25) is 0 Å². The zero-order valence-corrected chi connectivity index (χ0v) is 17.7. The van der Waals surface area contributed by atoms with Crippen molar-refractivity contribution in [2.45, 2.75) is 96.3 Å². The molecule has 0 aromatic heterocycles. The lowest BCUT2D eigenvalue weighted by Crippen LogP contribution is -3.10. The van der Waals surface area contributed by atoms with Gasteiger partial charge in [0.1, 0.15) is 0 Å². The summed E-state index contributed by atoms with van der Waals surface area (Å²) < 4.78 is 0. The van der Waals surface area contributed by atoms with Gasteiger partial charge in [-0.1, -0.05) is 70.6 Å². The molecule has 0 aromatic rings. The van der Waals surface area contributed by atoms with Crippen LogP contribution in [0.3, 0.4) is 0 Å². The fraction of sp³-hybridized carbons (Fsp3) is 1.00. The van der Waals surface area contributed by atoms with E-state index in [4.69, 9.17) is 4.84 Å². The predicted octanol–water partition coefficient (Wildman–Crippen LogP) is 4.48. The number of nitrogens with one attached hydrogen (secondary N) is 1. The Kier molecular flexibility index (Phi) is 14.7. The lowest BCUT2D eigenvalue weighted by Gasteiger charge is -2.26. The van der Waals surface area contributed by atoms with Crippen LogP contribution in [0, 0.1) is 5.92 Å². The fourth-order valence-electron chi connectivity index (χ4n) is 4.26. The van der Waals surface area contributed by atoms with Gasteiger partial charge in [0.15, 0.2) is 0 Å². The van der Waals surface area contributed by atoms with Crippen LogP contribution in [0.25, 0.3) is 0 Å². The Hall–Kier alpha value is -0.120. The summed E-state index contributed by atoms with van der Waals surface area (Å²) >= 11 is 0. The molecule has 1 rings (SSSR count). The van der Waals surface area contributed by atoms with E-state index in [9.17, 15) is 0 Å². The molecule has 1 heterocycles. The molecule has 0 aliphatic carbocycles. The third-order valence-corrected chi connectivity index (χ3v) is 6.00. The van der Waals surface area contributed by atoms with Crippen molar-refractivity contribution in [1.29, 1.82) is 0 Å². The number of quaternary nitrogens is 1. The van der Waals surface area contributed by atoms with Gasteiger partial charge in [0.2, 0.25) is 0 Å². The van der Waals surface area contributed by atoms with E-state index in [2.05, 4.69) is 7.05 Å². The summed E-state index contributed by atoms with van der Waals surface area (Å²) in [5, 5.41) is 1.93. The van der Waals surface area contributed by atoms with E-state index >= 15 is 0 Å². The van der Waals surface area contributed by atoms with Gasteiger partial charge in [-0.2, -0.15) is 5.06 Å². The molecule has 0 saturated carbocycles. The second-order valence-electron chi connectivity index (χ2n) is 8.48. The molecule has 0 radical (unpaired) electrons. The first-order valence-corrected chi connectivity index (χ1v) is 11.3. The van der Waals surface area contributed by atoms with Crippen LogP contribution in [-0.4, -0.2) is 45.9 Å². The minimum absolute atomic E-state index is 1.03. The second kappa shape index (κ2) is 16.1. The van der Waals surface area contributed by atoms with Crippen LogP contribution < -0.4 is 4.90 Å². The van der Waals surface area contributed by atoms with Crippen LogP contribution in [0.5, 0.6) is 0 Å². The molecular formula is C22H47N2O+. The molecule has 1 aliphatic rings. The Balaban J connectivity index is 1.72. The van der Waals surface area contributed by atoms with E-state index in [1.807, 2.05) is 12.1 Å². The minimum atomic E-state index is 1.03. The highest BCUT2D eigenvalue weighted by Gasteiger charge is 2.19. The van der Waals surface area contributed by atoms with Gasteiger partial charge in [0.25, 0.3) is 0 Å². The highest BCUT2D eigenvalue weighted by molar-refractivity contribution is 4.61.